The van der Waals surface area contributed by atoms with Gasteiger partial charge in [-0.05, 0) is 37.0 Å². The van der Waals surface area contributed by atoms with E-state index in [0.717, 1.165) is 38.9 Å². The highest BCUT2D eigenvalue weighted by Gasteiger charge is 2.29. The average molecular weight is 417 g/mol. The number of likely N-dealkylation sites (tertiary alicyclic amines) is 1. The summed E-state index contributed by atoms with van der Waals surface area (Å²) in [5.41, 5.74) is 2.83. The minimum absolute atomic E-state index is 0. The zero-order valence-electron chi connectivity index (χ0n) is 14.0. The van der Waals surface area contributed by atoms with E-state index in [-0.39, 0.29) is 12.4 Å². The van der Waals surface area contributed by atoms with E-state index in [2.05, 4.69) is 49.2 Å². The fourth-order valence-electron chi connectivity index (χ4n) is 4.17. The number of hydrogen-bond acceptors (Lipinski definition) is 4. The van der Waals surface area contributed by atoms with Gasteiger partial charge in [0, 0.05) is 55.0 Å². The van der Waals surface area contributed by atoms with Crippen molar-refractivity contribution < 1.29 is 4.74 Å². The first-order valence-electron chi connectivity index (χ1n) is 8.87. The van der Waals surface area contributed by atoms with Crippen molar-refractivity contribution in [2.24, 2.45) is 0 Å². The third-order valence-corrected chi connectivity index (χ3v) is 5.89. The molecule has 3 aliphatic heterocycles. The molecular formula is C18H27BrClN3O. The van der Waals surface area contributed by atoms with Crippen LogP contribution in [0.5, 0.6) is 0 Å². The molecule has 24 heavy (non-hydrogen) atoms. The number of benzene rings is 1. The van der Waals surface area contributed by atoms with Crippen molar-refractivity contribution in [3.05, 3.63) is 28.2 Å². The third kappa shape index (κ3) is 4.25. The molecule has 6 heteroatoms. The molecule has 0 aliphatic carbocycles. The fourth-order valence-corrected chi connectivity index (χ4v) is 4.52. The molecule has 2 bridgehead atoms. The summed E-state index contributed by atoms with van der Waals surface area (Å²) in [4.78, 5) is 5.12. The molecule has 0 aromatic heterocycles. The Morgan fingerprint density at radius 2 is 1.88 bits per heavy atom. The molecule has 1 N–H and O–H groups in total. The number of ether oxygens (including phenoxy) is 1. The van der Waals surface area contributed by atoms with Crippen LogP contribution < -0.4 is 10.2 Å². The second kappa shape index (κ2) is 8.37. The Labute approximate surface area is 159 Å². The highest BCUT2D eigenvalue weighted by molar-refractivity contribution is 9.10. The number of nitrogens with zero attached hydrogens (tertiary/aromatic N) is 2. The van der Waals surface area contributed by atoms with Gasteiger partial charge < -0.3 is 15.0 Å². The molecule has 0 spiro atoms. The molecule has 134 valence electrons. The maximum Gasteiger partial charge on any atom is 0.0642 e. The molecule has 3 fully saturated rings. The predicted molar refractivity (Wildman–Crippen MR) is 104 cm³/mol. The van der Waals surface area contributed by atoms with Gasteiger partial charge in [0.2, 0.25) is 0 Å². The molecule has 0 saturated carbocycles. The Kier molecular flexibility index (Phi) is 6.44. The van der Waals surface area contributed by atoms with Crippen LogP contribution in [0.3, 0.4) is 0 Å². The van der Waals surface area contributed by atoms with Crippen LogP contribution in [0.2, 0.25) is 0 Å². The van der Waals surface area contributed by atoms with Crippen molar-refractivity contribution in [3.8, 4) is 0 Å². The number of anilines is 1. The van der Waals surface area contributed by atoms with E-state index in [1.165, 1.54) is 48.1 Å². The number of morpholine rings is 1. The lowest BCUT2D eigenvalue weighted by molar-refractivity contribution is 0.122. The van der Waals surface area contributed by atoms with Crippen LogP contribution in [0.1, 0.15) is 24.8 Å². The lowest BCUT2D eigenvalue weighted by Gasteiger charge is -2.32. The normalized spacial score (nSPS) is 27.6. The van der Waals surface area contributed by atoms with Crippen molar-refractivity contribution in [2.45, 2.75) is 37.9 Å². The first-order chi connectivity index (χ1) is 11.3. The van der Waals surface area contributed by atoms with Crippen LogP contribution in [-0.4, -0.2) is 56.4 Å². The smallest absolute Gasteiger partial charge is 0.0642 e. The van der Waals surface area contributed by atoms with Crippen molar-refractivity contribution in [1.29, 1.82) is 0 Å². The van der Waals surface area contributed by atoms with Crippen LogP contribution in [0.4, 0.5) is 5.69 Å². The lowest BCUT2D eigenvalue weighted by Crippen LogP contribution is -2.38. The standard InChI is InChI=1S/C18H26BrN3O.ClH/c19-15-2-1-14(18(11-15)22-7-9-23-10-8-22)12-21-6-5-16-3-4-17(13-21)20-16;/h1-2,11,16-17,20H,3-10,12-13H2;1H. The van der Waals surface area contributed by atoms with Crippen LogP contribution in [0.25, 0.3) is 0 Å². The van der Waals surface area contributed by atoms with Gasteiger partial charge in [-0.1, -0.05) is 22.0 Å². The molecule has 2 atom stereocenters. The highest BCUT2D eigenvalue weighted by Crippen LogP contribution is 2.29. The maximum absolute atomic E-state index is 5.52. The molecule has 2 unspecified atom stereocenters. The molecule has 3 aliphatic rings. The molecule has 4 rings (SSSR count). The van der Waals surface area contributed by atoms with Crippen molar-refractivity contribution in [2.75, 3.05) is 44.3 Å². The summed E-state index contributed by atoms with van der Waals surface area (Å²) in [6.07, 6.45) is 4.01. The maximum atomic E-state index is 5.52. The summed E-state index contributed by atoms with van der Waals surface area (Å²) < 4.78 is 6.69. The first-order valence-corrected chi connectivity index (χ1v) is 9.67. The van der Waals surface area contributed by atoms with E-state index in [0.29, 0.717) is 6.04 Å². The molecule has 1 aromatic rings. The zero-order chi connectivity index (χ0) is 15.6. The largest absolute Gasteiger partial charge is 0.378 e. The summed E-state index contributed by atoms with van der Waals surface area (Å²) in [5, 5.41) is 3.78. The van der Waals surface area contributed by atoms with Gasteiger partial charge in [-0.15, -0.1) is 12.4 Å². The number of hydrogen-bond donors (Lipinski definition) is 1. The summed E-state index contributed by atoms with van der Waals surface area (Å²) in [5.74, 6) is 0. The Balaban J connectivity index is 0.00000169. The quantitative estimate of drug-likeness (QED) is 0.820. The van der Waals surface area contributed by atoms with Crippen LogP contribution in [0, 0.1) is 0 Å². The Morgan fingerprint density at radius 3 is 2.71 bits per heavy atom. The molecule has 0 radical (unpaired) electrons. The summed E-state index contributed by atoms with van der Waals surface area (Å²) >= 11 is 3.65. The first kappa shape index (κ1) is 18.5. The summed E-state index contributed by atoms with van der Waals surface area (Å²) in [6.45, 7) is 7.13. The number of fused-ring (bicyclic) bond motifs is 2. The van der Waals surface area contributed by atoms with E-state index in [1.54, 1.807) is 0 Å². The van der Waals surface area contributed by atoms with Gasteiger partial charge in [0.25, 0.3) is 0 Å². The topological polar surface area (TPSA) is 27.7 Å². The van der Waals surface area contributed by atoms with E-state index in [4.69, 9.17) is 4.74 Å². The van der Waals surface area contributed by atoms with Gasteiger partial charge in [-0.2, -0.15) is 0 Å². The average Bonchev–Trinajstić information content (AvgIpc) is 2.92. The van der Waals surface area contributed by atoms with Crippen LogP contribution >= 0.6 is 28.3 Å². The molecule has 1 aromatic carbocycles. The summed E-state index contributed by atoms with van der Waals surface area (Å²) in [7, 11) is 0. The van der Waals surface area contributed by atoms with Crippen molar-refractivity contribution >= 4 is 34.0 Å². The predicted octanol–water partition coefficient (Wildman–Crippen LogP) is 3.03. The minimum atomic E-state index is 0. The fraction of sp³-hybridized carbons (Fsp3) is 0.667. The van der Waals surface area contributed by atoms with E-state index in [9.17, 15) is 0 Å². The molecule has 3 saturated heterocycles. The molecule has 4 nitrogen and oxygen atoms in total. The molecule has 0 amide bonds. The second-order valence-corrected chi connectivity index (χ2v) is 7.95. The van der Waals surface area contributed by atoms with E-state index < -0.39 is 0 Å². The zero-order valence-corrected chi connectivity index (χ0v) is 16.4. The van der Waals surface area contributed by atoms with Gasteiger partial charge >= 0.3 is 0 Å². The molecule has 3 heterocycles. The second-order valence-electron chi connectivity index (χ2n) is 7.03. The Morgan fingerprint density at radius 1 is 1.08 bits per heavy atom. The van der Waals surface area contributed by atoms with Crippen LogP contribution in [0.15, 0.2) is 22.7 Å². The monoisotopic (exact) mass is 415 g/mol. The van der Waals surface area contributed by atoms with Gasteiger partial charge in [0.1, 0.15) is 0 Å². The van der Waals surface area contributed by atoms with Gasteiger partial charge in [0.05, 0.1) is 13.2 Å². The lowest BCUT2D eigenvalue weighted by atomic mass is 10.1. The highest BCUT2D eigenvalue weighted by atomic mass is 79.9. The third-order valence-electron chi connectivity index (χ3n) is 5.40. The van der Waals surface area contributed by atoms with Crippen molar-refractivity contribution in [1.82, 2.24) is 10.2 Å². The minimum Gasteiger partial charge on any atom is -0.378 e. The van der Waals surface area contributed by atoms with Crippen molar-refractivity contribution in [3.63, 3.8) is 0 Å². The van der Waals surface area contributed by atoms with E-state index >= 15 is 0 Å². The van der Waals surface area contributed by atoms with Gasteiger partial charge in [-0.3, -0.25) is 4.90 Å². The van der Waals surface area contributed by atoms with Crippen LogP contribution in [-0.2, 0) is 11.3 Å². The number of halogens is 2. The summed E-state index contributed by atoms with van der Waals surface area (Å²) in [6, 6.07) is 8.22. The number of rotatable bonds is 3. The van der Waals surface area contributed by atoms with Gasteiger partial charge in [-0.25, -0.2) is 0 Å². The number of nitrogens with one attached hydrogen (secondary N) is 1. The van der Waals surface area contributed by atoms with Gasteiger partial charge in [0.15, 0.2) is 0 Å². The Hall–Kier alpha value is -0.330. The molecular weight excluding hydrogens is 390 g/mol. The SMILES string of the molecule is Brc1ccc(CN2CCC3CCC(C2)N3)c(N2CCOCC2)c1.Cl. The van der Waals surface area contributed by atoms with E-state index in [1.807, 2.05) is 0 Å². The Bertz CT molecular complexity index is 553.